The van der Waals surface area contributed by atoms with Crippen LogP contribution in [0.3, 0.4) is 0 Å². The van der Waals surface area contributed by atoms with Gasteiger partial charge in [0.25, 0.3) is 0 Å². The number of rotatable bonds is 5. The van der Waals surface area contributed by atoms with Crippen molar-refractivity contribution >= 4 is 11.9 Å². The van der Waals surface area contributed by atoms with Gasteiger partial charge in [-0.25, -0.2) is 4.79 Å². The normalized spacial score (nSPS) is 12.4. The van der Waals surface area contributed by atoms with Crippen molar-refractivity contribution in [1.29, 1.82) is 0 Å². The maximum absolute atomic E-state index is 11.5. The van der Waals surface area contributed by atoms with E-state index in [9.17, 15) is 9.59 Å². The first-order valence-electron chi connectivity index (χ1n) is 5.01. The van der Waals surface area contributed by atoms with Gasteiger partial charge in [0.2, 0.25) is 5.91 Å². The third kappa shape index (κ3) is 3.38. The largest absolute Gasteiger partial charge is 0.480 e. The zero-order chi connectivity index (χ0) is 12.1. The molecule has 1 aromatic heterocycles. The monoisotopic (exact) mass is 225 g/mol. The fourth-order valence-corrected chi connectivity index (χ4v) is 1.29. The van der Waals surface area contributed by atoms with Gasteiger partial charge in [0.1, 0.15) is 6.04 Å². The number of hydrogen-bond donors (Lipinski definition) is 3. The van der Waals surface area contributed by atoms with Crippen LogP contribution in [0.2, 0.25) is 0 Å². The van der Waals surface area contributed by atoms with Gasteiger partial charge in [-0.3, -0.25) is 9.89 Å². The highest BCUT2D eigenvalue weighted by Crippen LogP contribution is 2.02. The average molecular weight is 225 g/mol. The fourth-order valence-electron chi connectivity index (χ4n) is 1.29. The number of hydrogen-bond acceptors (Lipinski definition) is 3. The molecule has 0 bridgehead atoms. The third-order valence-electron chi connectivity index (χ3n) is 2.16. The van der Waals surface area contributed by atoms with E-state index in [1.54, 1.807) is 26.1 Å². The number of amides is 1. The van der Waals surface area contributed by atoms with E-state index in [4.69, 9.17) is 5.11 Å². The van der Waals surface area contributed by atoms with Gasteiger partial charge < -0.3 is 10.4 Å². The molecule has 0 radical (unpaired) electrons. The predicted octanol–water partition coefficient (Wildman–Crippen LogP) is 0.178. The molecule has 1 rings (SSSR count). The second-order valence-electron chi connectivity index (χ2n) is 3.89. The molecule has 1 aromatic rings. The van der Waals surface area contributed by atoms with E-state index in [1.807, 2.05) is 0 Å². The number of H-pyrrole nitrogens is 1. The molecule has 0 fully saturated rings. The van der Waals surface area contributed by atoms with Gasteiger partial charge in [-0.2, -0.15) is 5.10 Å². The summed E-state index contributed by atoms with van der Waals surface area (Å²) in [6.45, 7) is 3.49. The minimum atomic E-state index is -1.02. The Bertz CT molecular complexity index is 359. The molecule has 88 valence electrons. The Morgan fingerprint density at radius 3 is 2.69 bits per heavy atom. The van der Waals surface area contributed by atoms with Crippen molar-refractivity contribution < 1.29 is 14.7 Å². The molecule has 0 aliphatic carbocycles. The van der Waals surface area contributed by atoms with Crippen LogP contribution in [0.15, 0.2) is 12.3 Å². The number of nitrogens with zero attached hydrogens (tertiary/aromatic N) is 1. The van der Waals surface area contributed by atoms with Crippen molar-refractivity contribution in [1.82, 2.24) is 15.5 Å². The van der Waals surface area contributed by atoms with E-state index < -0.39 is 12.0 Å². The van der Waals surface area contributed by atoms with Crippen LogP contribution in [0.4, 0.5) is 0 Å². The molecule has 0 spiro atoms. The molecule has 3 N–H and O–H groups in total. The summed E-state index contributed by atoms with van der Waals surface area (Å²) in [4.78, 5) is 22.4. The van der Waals surface area contributed by atoms with E-state index in [-0.39, 0.29) is 18.2 Å². The molecule has 0 unspecified atom stereocenters. The van der Waals surface area contributed by atoms with Crippen LogP contribution in [0.5, 0.6) is 0 Å². The third-order valence-corrected chi connectivity index (χ3v) is 2.16. The highest BCUT2D eigenvalue weighted by Gasteiger charge is 2.23. The average Bonchev–Trinajstić information content (AvgIpc) is 2.65. The molecular weight excluding hydrogens is 210 g/mol. The van der Waals surface area contributed by atoms with Crippen molar-refractivity contribution in [3.05, 3.63) is 18.0 Å². The van der Waals surface area contributed by atoms with Crippen molar-refractivity contribution in [3.63, 3.8) is 0 Å². The highest BCUT2D eigenvalue weighted by atomic mass is 16.4. The lowest BCUT2D eigenvalue weighted by Gasteiger charge is -2.17. The molecule has 16 heavy (non-hydrogen) atoms. The second-order valence-corrected chi connectivity index (χ2v) is 3.89. The number of nitrogens with one attached hydrogen (secondary N) is 2. The molecule has 0 aliphatic rings. The summed E-state index contributed by atoms with van der Waals surface area (Å²) in [6.07, 6.45) is 1.65. The molecule has 1 amide bonds. The smallest absolute Gasteiger partial charge is 0.326 e. The Labute approximate surface area is 93.1 Å². The summed E-state index contributed by atoms with van der Waals surface area (Å²) < 4.78 is 0. The zero-order valence-corrected chi connectivity index (χ0v) is 9.23. The number of aromatic nitrogens is 2. The Hall–Kier alpha value is -1.85. The Balaban J connectivity index is 2.52. The van der Waals surface area contributed by atoms with E-state index in [0.29, 0.717) is 5.69 Å². The quantitative estimate of drug-likeness (QED) is 0.666. The van der Waals surface area contributed by atoms with Crippen LogP contribution >= 0.6 is 0 Å². The summed E-state index contributed by atoms with van der Waals surface area (Å²) in [5, 5.41) is 17.7. The number of carboxylic acid groups (broad SMARTS) is 1. The molecule has 0 saturated heterocycles. The van der Waals surface area contributed by atoms with Gasteiger partial charge in [0.15, 0.2) is 0 Å². The topological polar surface area (TPSA) is 95.1 Å². The summed E-state index contributed by atoms with van der Waals surface area (Å²) >= 11 is 0. The molecule has 0 saturated carbocycles. The van der Waals surface area contributed by atoms with E-state index >= 15 is 0 Å². The lowest BCUT2D eigenvalue weighted by molar-refractivity contribution is -0.143. The summed E-state index contributed by atoms with van der Waals surface area (Å²) in [5.41, 5.74) is 0.658. The van der Waals surface area contributed by atoms with Crippen molar-refractivity contribution in [2.45, 2.75) is 26.3 Å². The summed E-state index contributed by atoms with van der Waals surface area (Å²) in [7, 11) is 0. The maximum Gasteiger partial charge on any atom is 0.326 e. The number of aliphatic carboxylic acids is 1. The van der Waals surface area contributed by atoms with Crippen LogP contribution in [-0.2, 0) is 16.0 Å². The molecule has 0 aliphatic heterocycles. The molecular formula is C10H15N3O3. The van der Waals surface area contributed by atoms with Crippen molar-refractivity contribution in [2.24, 2.45) is 5.92 Å². The Kier molecular flexibility index (Phi) is 4.04. The van der Waals surface area contributed by atoms with Crippen LogP contribution in [0.1, 0.15) is 19.5 Å². The zero-order valence-electron chi connectivity index (χ0n) is 9.23. The molecule has 6 nitrogen and oxygen atoms in total. The fraction of sp³-hybridized carbons (Fsp3) is 0.500. The van der Waals surface area contributed by atoms with E-state index in [2.05, 4.69) is 15.5 Å². The predicted molar refractivity (Wildman–Crippen MR) is 56.7 cm³/mol. The van der Waals surface area contributed by atoms with Crippen molar-refractivity contribution in [3.8, 4) is 0 Å². The highest BCUT2D eigenvalue weighted by molar-refractivity contribution is 5.84. The lowest BCUT2D eigenvalue weighted by atomic mass is 10.0. The number of aromatic amines is 1. The second kappa shape index (κ2) is 5.29. The molecule has 1 atom stereocenters. The van der Waals surface area contributed by atoms with Crippen LogP contribution in [0, 0.1) is 5.92 Å². The minimum Gasteiger partial charge on any atom is -0.480 e. The van der Waals surface area contributed by atoms with Gasteiger partial charge in [-0.1, -0.05) is 13.8 Å². The van der Waals surface area contributed by atoms with Crippen LogP contribution in [0.25, 0.3) is 0 Å². The Morgan fingerprint density at radius 1 is 1.56 bits per heavy atom. The standard InChI is InChI=1S/C10H15N3O3/c1-6(2)9(10(15)16)12-8(14)5-7-3-4-11-13-7/h3-4,6,9H,5H2,1-2H3,(H,11,13)(H,12,14)(H,15,16)/t9-/m0/s1. The maximum atomic E-state index is 11.5. The van der Waals surface area contributed by atoms with Crippen LogP contribution < -0.4 is 5.32 Å². The molecule has 0 aromatic carbocycles. The summed E-state index contributed by atoms with van der Waals surface area (Å²) in [6, 6.07) is 0.820. The number of carboxylic acids is 1. The first-order chi connectivity index (χ1) is 7.50. The van der Waals surface area contributed by atoms with Gasteiger partial charge >= 0.3 is 5.97 Å². The SMILES string of the molecule is CC(C)[C@H](NC(=O)Cc1ccn[nH]1)C(=O)O. The number of carbonyl (C=O) groups excluding carboxylic acids is 1. The van der Waals surface area contributed by atoms with Crippen LogP contribution in [-0.4, -0.2) is 33.2 Å². The summed E-state index contributed by atoms with van der Waals surface area (Å²) in [5.74, 6) is -1.50. The van der Waals surface area contributed by atoms with Gasteiger partial charge in [0.05, 0.1) is 6.42 Å². The van der Waals surface area contributed by atoms with Gasteiger partial charge in [0, 0.05) is 11.9 Å². The lowest BCUT2D eigenvalue weighted by Crippen LogP contribution is -2.44. The van der Waals surface area contributed by atoms with Gasteiger partial charge in [-0.15, -0.1) is 0 Å². The molecule has 6 heteroatoms. The number of carbonyl (C=O) groups is 2. The van der Waals surface area contributed by atoms with Gasteiger partial charge in [-0.05, 0) is 12.0 Å². The Morgan fingerprint density at radius 2 is 2.25 bits per heavy atom. The van der Waals surface area contributed by atoms with Crippen molar-refractivity contribution in [2.75, 3.05) is 0 Å². The molecule has 1 heterocycles. The van der Waals surface area contributed by atoms with E-state index in [1.165, 1.54) is 0 Å². The first kappa shape index (κ1) is 12.2. The minimum absolute atomic E-state index is 0.108. The van der Waals surface area contributed by atoms with E-state index in [0.717, 1.165) is 0 Å². The first-order valence-corrected chi connectivity index (χ1v) is 5.01.